The van der Waals surface area contributed by atoms with E-state index in [1.54, 1.807) is 0 Å². The average molecular weight is 173 g/mol. The van der Waals surface area contributed by atoms with Gasteiger partial charge in [-0.25, -0.2) is 0 Å². The number of amides is 1. The molecule has 0 rings (SSSR count). The smallest absolute Gasteiger partial charge is 0.237 e. The third-order valence-electron chi connectivity index (χ3n) is 1.66. The van der Waals surface area contributed by atoms with Gasteiger partial charge in [0.2, 0.25) is 5.91 Å². The molecule has 0 aliphatic carbocycles. The van der Waals surface area contributed by atoms with Gasteiger partial charge in [-0.3, -0.25) is 4.79 Å². The SMILES string of the molecule is CC(C)(C)[C@@H](N)C(=O)NCCN. The van der Waals surface area contributed by atoms with E-state index >= 15 is 0 Å². The number of carbonyl (C=O) groups is 1. The van der Waals surface area contributed by atoms with Gasteiger partial charge < -0.3 is 16.8 Å². The Morgan fingerprint density at radius 1 is 1.50 bits per heavy atom. The summed E-state index contributed by atoms with van der Waals surface area (Å²) < 4.78 is 0. The topological polar surface area (TPSA) is 81.1 Å². The Balaban J connectivity index is 3.94. The van der Waals surface area contributed by atoms with Crippen LogP contribution in [0.1, 0.15) is 20.8 Å². The fourth-order valence-corrected chi connectivity index (χ4v) is 0.699. The molecule has 1 amide bonds. The highest BCUT2D eigenvalue weighted by Gasteiger charge is 2.26. The number of hydrogen-bond acceptors (Lipinski definition) is 3. The number of nitrogens with one attached hydrogen (secondary N) is 1. The van der Waals surface area contributed by atoms with Gasteiger partial charge in [-0.1, -0.05) is 20.8 Å². The second-order valence-corrected chi connectivity index (χ2v) is 3.92. The maximum absolute atomic E-state index is 11.3. The number of rotatable bonds is 3. The van der Waals surface area contributed by atoms with Crippen LogP contribution in [0.15, 0.2) is 0 Å². The van der Waals surface area contributed by atoms with Gasteiger partial charge in [0.25, 0.3) is 0 Å². The maximum atomic E-state index is 11.3. The molecule has 0 aliphatic heterocycles. The highest BCUT2D eigenvalue weighted by Crippen LogP contribution is 2.16. The van der Waals surface area contributed by atoms with Gasteiger partial charge in [0, 0.05) is 13.1 Å². The molecule has 0 spiro atoms. The molecular formula is C8H19N3O. The third-order valence-corrected chi connectivity index (χ3v) is 1.66. The quantitative estimate of drug-likeness (QED) is 0.535. The Labute approximate surface area is 73.7 Å². The number of carbonyl (C=O) groups excluding carboxylic acids is 1. The summed E-state index contributed by atoms with van der Waals surface area (Å²) in [5, 5.41) is 2.65. The Morgan fingerprint density at radius 2 is 2.00 bits per heavy atom. The Hall–Kier alpha value is -0.610. The van der Waals surface area contributed by atoms with Gasteiger partial charge in [-0.05, 0) is 5.41 Å². The molecule has 0 unspecified atom stereocenters. The van der Waals surface area contributed by atoms with Crippen LogP contribution in [-0.4, -0.2) is 25.0 Å². The van der Waals surface area contributed by atoms with Crippen LogP contribution in [0.4, 0.5) is 0 Å². The molecule has 0 aromatic rings. The van der Waals surface area contributed by atoms with Crippen LogP contribution >= 0.6 is 0 Å². The first kappa shape index (κ1) is 11.4. The highest BCUT2D eigenvalue weighted by atomic mass is 16.2. The summed E-state index contributed by atoms with van der Waals surface area (Å²) in [5.41, 5.74) is 10.7. The molecule has 0 saturated heterocycles. The molecule has 0 bridgehead atoms. The van der Waals surface area contributed by atoms with Crippen molar-refractivity contribution in [2.24, 2.45) is 16.9 Å². The summed E-state index contributed by atoms with van der Waals surface area (Å²) in [6.45, 7) is 6.73. The van der Waals surface area contributed by atoms with Crippen molar-refractivity contribution in [3.63, 3.8) is 0 Å². The molecule has 0 aromatic heterocycles. The van der Waals surface area contributed by atoms with Crippen molar-refractivity contribution >= 4 is 5.91 Å². The van der Waals surface area contributed by atoms with Crippen molar-refractivity contribution < 1.29 is 4.79 Å². The highest BCUT2D eigenvalue weighted by molar-refractivity contribution is 5.82. The lowest BCUT2D eigenvalue weighted by Gasteiger charge is -2.25. The third kappa shape index (κ3) is 3.69. The molecule has 0 fully saturated rings. The van der Waals surface area contributed by atoms with E-state index in [1.165, 1.54) is 0 Å². The molecule has 12 heavy (non-hydrogen) atoms. The molecule has 0 heterocycles. The predicted molar refractivity (Wildman–Crippen MR) is 49.5 cm³/mol. The van der Waals surface area contributed by atoms with Gasteiger partial charge in [-0.15, -0.1) is 0 Å². The van der Waals surface area contributed by atoms with Crippen LogP contribution in [0, 0.1) is 5.41 Å². The van der Waals surface area contributed by atoms with Gasteiger partial charge >= 0.3 is 0 Å². The lowest BCUT2D eigenvalue weighted by atomic mass is 9.87. The molecule has 0 aromatic carbocycles. The van der Waals surface area contributed by atoms with Crippen LogP contribution in [0.3, 0.4) is 0 Å². The Kier molecular flexibility index (Phi) is 4.20. The standard InChI is InChI=1S/C8H19N3O/c1-8(2,3)6(10)7(12)11-5-4-9/h6H,4-5,9-10H2,1-3H3,(H,11,12)/t6-/m0/s1. The minimum absolute atomic E-state index is 0.132. The summed E-state index contributed by atoms with van der Waals surface area (Å²) in [4.78, 5) is 11.3. The van der Waals surface area contributed by atoms with Gasteiger partial charge in [0.05, 0.1) is 6.04 Å². The summed E-state index contributed by atoms with van der Waals surface area (Å²) >= 11 is 0. The summed E-state index contributed by atoms with van der Waals surface area (Å²) in [7, 11) is 0. The van der Waals surface area contributed by atoms with Gasteiger partial charge in [0.1, 0.15) is 0 Å². The van der Waals surface area contributed by atoms with E-state index in [4.69, 9.17) is 11.5 Å². The van der Waals surface area contributed by atoms with Crippen LogP contribution in [0.25, 0.3) is 0 Å². The van der Waals surface area contributed by atoms with E-state index in [0.717, 1.165) is 0 Å². The molecule has 5 N–H and O–H groups in total. The largest absolute Gasteiger partial charge is 0.353 e. The predicted octanol–water partition coefficient (Wildman–Crippen LogP) is -0.565. The second kappa shape index (κ2) is 4.42. The van der Waals surface area contributed by atoms with Crippen LogP contribution < -0.4 is 16.8 Å². The van der Waals surface area contributed by atoms with E-state index < -0.39 is 6.04 Å². The molecule has 4 nitrogen and oxygen atoms in total. The molecular weight excluding hydrogens is 154 g/mol. The fraction of sp³-hybridized carbons (Fsp3) is 0.875. The molecule has 0 saturated carbocycles. The first-order valence-electron chi connectivity index (χ1n) is 4.13. The van der Waals surface area contributed by atoms with E-state index in [0.29, 0.717) is 13.1 Å². The molecule has 4 heteroatoms. The van der Waals surface area contributed by atoms with E-state index in [2.05, 4.69) is 5.32 Å². The molecule has 0 radical (unpaired) electrons. The van der Waals surface area contributed by atoms with E-state index in [9.17, 15) is 4.79 Å². The minimum atomic E-state index is -0.468. The average Bonchev–Trinajstić information content (AvgIpc) is 1.97. The Bertz CT molecular complexity index is 151. The lowest BCUT2D eigenvalue weighted by Crippen LogP contribution is -2.49. The van der Waals surface area contributed by atoms with E-state index in [1.807, 2.05) is 20.8 Å². The summed E-state index contributed by atoms with van der Waals surface area (Å²) in [6, 6.07) is -0.468. The van der Waals surface area contributed by atoms with Crippen molar-refractivity contribution in [3.05, 3.63) is 0 Å². The first-order valence-corrected chi connectivity index (χ1v) is 4.13. The van der Waals surface area contributed by atoms with Crippen molar-refractivity contribution in [1.29, 1.82) is 0 Å². The lowest BCUT2D eigenvalue weighted by molar-refractivity contribution is -0.124. The zero-order valence-corrected chi connectivity index (χ0v) is 8.05. The number of nitrogens with two attached hydrogens (primary N) is 2. The monoisotopic (exact) mass is 173 g/mol. The molecule has 72 valence electrons. The number of hydrogen-bond donors (Lipinski definition) is 3. The zero-order valence-electron chi connectivity index (χ0n) is 8.05. The first-order chi connectivity index (χ1) is 5.39. The van der Waals surface area contributed by atoms with Crippen LogP contribution in [-0.2, 0) is 4.79 Å². The maximum Gasteiger partial charge on any atom is 0.237 e. The van der Waals surface area contributed by atoms with Crippen molar-refractivity contribution in [2.75, 3.05) is 13.1 Å². The van der Waals surface area contributed by atoms with Crippen molar-refractivity contribution in [1.82, 2.24) is 5.32 Å². The minimum Gasteiger partial charge on any atom is -0.353 e. The normalized spacial score (nSPS) is 14.1. The van der Waals surface area contributed by atoms with Gasteiger partial charge in [0.15, 0.2) is 0 Å². The zero-order chi connectivity index (χ0) is 9.78. The van der Waals surface area contributed by atoms with Crippen LogP contribution in [0.2, 0.25) is 0 Å². The summed E-state index contributed by atoms with van der Waals surface area (Å²) in [5.74, 6) is -0.132. The molecule has 1 atom stereocenters. The fourth-order valence-electron chi connectivity index (χ4n) is 0.699. The Morgan fingerprint density at radius 3 is 2.33 bits per heavy atom. The van der Waals surface area contributed by atoms with Crippen molar-refractivity contribution in [2.45, 2.75) is 26.8 Å². The van der Waals surface area contributed by atoms with Crippen molar-refractivity contribution in [3.8, 4) is 0 Å². The van der Waals surface area contributed by atoms with E-state index in [-0.39, 0.29) is 11.3 Å². The second-order valence-electron chi connectivity index (χ2n) is 3.92. The summed E-state index contributed by atoms with van der Waals surface area (Å²) in [6.07, 6.45) is 0. The van der Waals surface area contributed by atoms with Gasteiger partial charge in [-0.2, -0.15) is 0 Å². The molecule has 0 aliphatic rings. The van der Waals surface area contributed by atoms with Crippen LogP contribution in [0.5, 0.6) is 0 Å².